The number of carboxylic acids is 1. The highest BCUT2D eigenvalue weighted by atomic mass is 16.5. The van der Waals surface area contributed by atoms with E-state index >= 15 is 0 Å². The maximum Gasteiger partial charge on any atom is 0.303 e. The van der Waals surface area contributed by atoms with Gasteiger partial charge >= 0.3 is 5.97 Å². The van der Waals surface area contributed by atoms with Crippen molar-refractivity contribution in [3.05, 3.63) is 29.3 Å². The number of rotatable bonds is 6. The molecule has 1 rings (SSSR count). The summed E-state index contributed by atoms with van der Waals surface area (Å²) in [5.41, 5.74) is 2.11. The van der Waals surface area contributed by atoms with Crippen molar-refractivity contribution in [1.29, 1.82) is 0 Å². The van der Waals surface area contributed by atoms with Crippen LogP contribution in [0.5, 0.6) is 5.75 Å². The second-order valence-electron chi connectivity index (χ2n) is 3.84. The van der Waals surface area contributed by atoms with Crippen LogP contribution < -0.4 is 4.74 Å². The Hall–Kier alpha value is -1.51. The van der Waals surface area contributed by atoms with Gasteiger partial charge in [-0.2, -0.15) is 0 Å². The van der Waals surface area contributed by atoms with Gasteiger partial charge in [-0.1, -0.05) is 19.1 Å². The fourth-order valence-electron chi connectivity index (χ4n) is 1.49. The van der Waals surface area contributed by atoms with Gasteiger partial charge in [-0.25, -0.2) is 0 Å². The summed E-state index contributed by atoms with van der Waals surface area (Å²) in [4.78, 5) is 10.4. The van der Waals surface area contributed by atoms with E-state index in [0.29, 0.717) is 6.42 Å². The van der Waals surface area contributed by atoms with Crippen LogP contribution in [0.25, 0.3) is 0 Å². The minimum Gasteiger partial charge on any atom is -0.493 e. The molecule has 0 aliphatic rings. The largest absolute Gasteiger partial charge is 0.493 e. The van der Waals surface area contributed by atoms with Crippen molar-refractivity contribution in [3.8, 4) is 5.75 Å². The Morgan fingerprint density at radius 2 is 2.19 bits per heavy atom. The van der Waals surface area contributed by atoms with Gasteiger partial charge in [0.15, 0.2) is 0 Å². The van der Waals surface area contributed by atoms with Gasteiger partial charge in [0.2, 0.25) is 0 Å². The van der Waals surface area contributed by atoms with Crippen LogP contribution in [0.2, 0.25) is 0 Å². The van der Waals surface area contributed by atoms with E-state index in [-0.39, 0.29) is 6.42 Å². The number of hydrogen-bond acceptors (Lipinski definition) is 2. The van der Waals surface area contributed by atoms with E-state index in [2.05, 4.69) is 6.92 Å². The fraction of sp³-hybridized carbons (Fsp3) is 0.462. The Bertz CT molecular complexity index is 358. The molecule has 0 saturated carbocycles. The van der Waals surface area contributed by atoms with Crippen molar-refractivity contribution in [2.24, 2.45) is 0 Å². The number of aliphatic carboxylic acids is 1. The normalized spacial score (nSPS) is 10.1. The molecule has 3 heteroatoms. The number of benzene rings is 1. The Morgan fingerprint density at radius 3 is 2.75 bits per heavy atom. The fourth-order valence-corrected chi connectivity index (χ4v) is 1.49. The molecule has 0 aliphatic carbocycles. The van der Waals surface area contributed by atoms with E-state index in [0.717, 1.165) is 29.9 Å². The third kappa shape index (κ3) is 3.93. The highest BCUT2D eigenvalue weighted by Gasteiger charge is 2.03. The molecule has 0 fully saturated rings. The second-order valence-corrected chi connectivity index (χ2v) is 3.84. The molecular formula is C13H18O3. The molecule has 0 aromatic heterocycles. The lowest BCUT2D eigenvalue weighted by Crippen LogP contribution is -2.00. The molecule has 0 unspecified atom stereocenters. The summed E-state index contributed by atoms with van der Waals surface area (Å²) in [6, 6.07) is 5.84. The Balaban J connectivity index is 2.63. The predicted molar refractivity (Wildman–Crippen MR) is 62.9 cm³/mol. The third-order valence-corrected chi connectivity index (χ3v) is 2.33. The van der Waals surface area contributed by atoms with E-state index < -0.39 is 5.97 Å². The highest BCUT2D eigenvalue weighted by Crippen LogP contribution is 2.20. The summed E-state index contributed by atoms with van der Waals surface area (Å²) >= 11 is 0. The topological polar surface area (TPSA) is 46.5 Å². The zero-order chi connectivity index (χ0) is 12.0. The molecule has 0 atom stereocenters. The average molecular weight is 222 g/mol. The molecule has 0 bridgehead atoms. The van der Waals surface area contributed by atoms with Crippen LogP contribution in [0.4, 0.5) is 0 Å². The maximum atomic E-state index is 10.4. The van der Waals surface area contributed by atoms with Gasteiger partial charge in [-0.05, 0) is 37.0 Å². The third-order valence-electron chi connectivity index (χ3n) is 2.33. The van der Waals surface area contributed by atoms with Gasteiger partial charge in [0.1, 0.15) is 5.75 Å². The first kappa shape index (κ1) is 12.6. The number of carbonyl (C=O) groups is 1. The van der Waals surface area contributed by atoms with Crippen molar-refractivity contribution in [1.82, 2.24) is 0 Å². The van der Waals surface area contributed by atoms with E-state index in [1.54, 1.807) is 0 Å². The molecule has 1 N–H and O–H groups in total. The SMILES string of the molecule is CCCOc1ccc(CCC(=O)O)cc1C. The lowest BCUT2D eigenvalue weighted by Gasteiger charge is -2.09. The Labute approximate surface area is 96.1 Å². The second kappa shape index (κ2) is 6.16. The highest BCUT2D eigenvalue weighted by molar-refractivity contribution is 5.67. The van der Waals surface area contributed by atoms with Gasteiger partial charge in [0.25, 0.3) is 0 Å². The molecule has 0 aliphatic heterocycles. The average Bonchev–Trinajstić information content (AvgIpc) is 2.25. The molecule has 3 nitrogen and oxygen atoms in total. The van der Waals surface area contributed by atoms with Crippen molar-refractivity contribution in [3.63, 3.8) is 0 Å². The van der Waals surface area contributed by atoms with Crippen molar-refractivity contribution < 1.29 is 14.6 Å². The molecule has 0 heterocycles. The number of carboxylic acid groups (broad SMARTS) is 1. The predicted octanol–water partition coefficient (Wildman–Crippen LogP) is 2.80. The number of aryl methyl sites for hydroxylation is 2. The molecule has 1 aromatic carbocycles. The van der Waals surface area contributed by atoms with Crippen LogP contribution in [-0.4, -0.2) is 17.7 Å². The molecule has 0 amide bonds. The minimum atomic E-state index is -0.760. The van der Waals surface area contributed by atoms with Crippen LogP contribution in [-0.2, 0) is 11.2 Å². The first-order valence-corrected chi connectivity index (χ1v) is 5.57. The van der Waals surface area contributed by atoms with E-state index in [4.69, 9.17) is 9.84 Å². The Kier molecular flexibility index (Phi) is 4.83. The molecule has 0 spiro atoms. The van der Waals surface area contributed by atoms with Crippen molar-refractivity contribution in [2.75, 3.05) is 6.61 Å². The van der Waals surface area contributed by atoms with E-state index in [1.165, 1.54) is 0 Å². The minimum absolute atomic E-state index is 0.175. The molecule has 0 saturated heterocycles. The zero-order valence-electron chi connectivity index (χ0n) is 9.82. The number of ether oxygens (including phenoxy) is 1. The zero-order valence-corrected chi connectivity index (χ0v) is 9.82. The lowest BCUT2D eigenvalue weighted by atomic mass is 10.1. The van der Waals surface area contributed by atoms with Gasteiger partial charge in [-0.3, -0.25) is 4.79 Å². The molecule has 88 valence electrons. The Morgan fingerprint density at radius 1 is 1.44 bits per heavy atom. The molecular weight excluding hydrogens is 204 g/mol. The van der Waals surface area contributed by atoms with Crippen LogP contribution in [0.1, 0.15) is 30.9 Å². The summed E-state index contributed by atoms with van der Waals surface area (Å²) in [5, 5.41) is 8.59. The van der Waals surface area contributed by atoms with E-state index in [1.807, 2.05) is 25.1 Å². The monoisotopic (exact) mass is 222 g/mol. The summed E-state index contributed by atoms with van der Waals surface area (Å²) in [7, 11) is 0. The van der Waals surface area contributed by atoms with Crippen LogP contribution in [0, 0.1) is 6.92 Å². The summed E-state index contributed by atoms with van der Waals surface area (Å²) in [6.45, 7) is 4.77. The van der Waals surface area contributed by atoms with E-state index in [9.17, 15) is 4.79 Å². The van der Waals surface area contributed by atoms with Crippen LogP contribution >= 0.6 is 0 Å². The summed E-state index contributed by atoms with van der Waals surface area (Å²) < 4.78 is 5.55. The standard InChI is InChI=1S/C13H18O3/c1-3-8-16-12-6-4-11(9-10(12)2)5-7-13(14)15/h4,6,9H,3,5,7-8H2,1-2H3,(H,14,15). The lowest BCUT2D eigenvalue weighted by molar-refractivity contribution is -0.136. The smallest absolute Gasteiger partial charge is 0.303 e. The van der Waals surface area contributed by atoms with Crippen LogP contribution in [0.3, 0.4) is 0 Å². The molecule has 0 radical (unpaired) electrons. The summed E-state index contributed by atoms with van der Waals surface area (Å²) in [5.74, 6) is 0.130. The quantitative estimate of drug-likeness (QED) is 0.805. The summed E-state index contributed by atoms with van der Waals surface area (Å²) in [6.07, 6.45) is 1.74. The molecule has 16 heavy (non-hydrogen) atoms. The number of hydrogen-bond donors (Lipinski definition) is 1. The van der Waals surface area contributed by atoms with Gasteiger partial charge in [-0.15, -0.1) is 0 Å². The van der Waals surface area contributed by atoms with Gasteiger partial charge in [0, 0.05) is 6.42 Å². The van der Waals surface area contributed by atoms with Gasteiger partial charge in [0.05, 0.1) is 6.61 Å². The maximum absolute atomic E-state index is 10.4. The molecule has 1 aromatic rings. The van der Waals surface area contributed by atoms with Crippen molar-refractivity contribution in [2.45, 2.75) is 33.1 Å². The van der Waals surface area contributed by atoms with Gasteiger partial charge < -0.3 is 9.84 Å². The van der Waals surface area contributed by atoms with Crippen molar-refractivity contribution >= 4 is 5.97 Å². The van der Waals surface area contributed by atoms with Crippen LogP contribution in [0.15, 0.2) is 18.2 Å². The first-order chi connectivity index (χ1) is 7.63. The first-order valence-electron chi connectivity index (χ1n) is 5.57.